The van der Waals surface area contributed by atoms with Crippen LogP contribution in [0.5, 0.6) is 0 Å². The van der Waals surface area contributed by atoms with Crippen LogP contribution in [-0.2, 0) is 20.7 Å². The molecule has 0 aliphatic carbocycles. The average molecular weight is 316 g/mol. The van der Waals surface area contributed by atoms with Gasteiger partial charge in [-0.1, -0.05) is 30.3 Å². The molecule has 124 valence electrons. The molecule has 0 unspecified atom stereocenters. The largest absolute Gasteiger partial charge is 0.383 e. The van der Waals surface area contributed by atoms with Gasteiger partial charge in [-0.15, -0.1) is 0 Å². The number of carbonyl (C=O) groups is 2. The van der Waals surface area contributed by atoms with Gasteiger partial charge >= 0.3 is 0 Å². The molecule has 0 spiro atoms. The lowest BCUT2D eigenvalue weighted by atomic mass is 9.96. The average Bonchev–Trinajstić information content (AvgIpc) is 2.99. The lowest BCUT2D eigenvalue weighted by Gasteiger charge is -2.39. The number of hydrogen-bond donors (Lipinski definition) is 0. The van der Waals surface area contributed by atoms with E-state index < -0.39 is 0 Å². The Bertz CT molecular complexity index is 561. The van der Waals surface area contributed by atoms with Crippen LogP contribution >= 0.6 is 0 Å². The summed E-state index contributed by atoms with van der Waals surface area (Å²) in [5.74, 6) is 0.366. The maximum Gasteiger partial charge on any atom is 0.227 e. The molecule has 2 heterocycles. The first-order valence-corrected chi connectivity index (χ1v) is 8.32. The number of ether oxygens (including phenoxy) is 1. The van der Waals surface area contributed by atoms with Crippen molar-refractivity contribution in [2.75, 3.05) is 26.8 Å². The molecular formula is C18H24N2O3. The molecule has 5 heteroatoms. The molecule has 2 atom stereocenters. The van der Waals surface area contributed by atoms with Gasteiger partial charge in [0.05, 0.1) is 25.1 Å². The van der Waals surface area contributed by atoms with E-state index in [4.69, 9.17) is 4.74 Å². The van der Waals surface area contributed by atoms with Crippen molar-refractivity contribution in [3.63, 3.8) is 0 Å². The van der Waals surface area contributed by atoms with Gasteiger partial charge in [0.1, 0.15) is 0 Å². The van der Waals surface area contributed by atoms with Crippen molar-refractivity contribution < 1.29 is 14.3 Å². The molecule has 1 aromatic rings. The van der Waals surface area contributed by atoms with Crippen molar-refractivity contribution in [2.24, 2.45) is 0 Å². The fourth-order valence-corrected chi connectivity index (χ4v) is 3.81. The number of methoxy groups -OCH3 is 1. The first-order valence-electron chi connectivity index (χ1n) is 8.32. The summed E-state index contributed by atoms with van der Waals surface area (Å²) in [6.45, 7) is 1.92. The quantitative estimate of drug-likeness (QED) is 0.826. The number of benzene rings is 1. The van der Waals surface area contributed by atoms with Gasteiger partial charge in [-0.25, -0.2) is 0 Å². The number of likely N-dealkylation sites (tertiary alicyclic amines) is 2. The Morgan fingerprint density at radius 3 is 2.74 bits per heavy atom. The van der Waals surface area contributed by atoms with Crippen LogP contribution in [0.3, 0.4) is 0 Å². The molecule has 23 heavy (non-hydrogen) atoms. The lowest BCUT2D eigenvalue weighted by Crippen LogP contribution is -2.54. The highest BCUT2D eigenvalue weighted by Gasteiger charge is 2.44. The Morgan fingerprint density at radius 1 is 1.22 bits per heavy atom. The van der Waals surface area contributed by atoms with Gasteiger partial charge in [0, 0.05) is 26.6 Å². The van der Waals surface area contributed by atoms with E-state index in [1.807, 2.05) is 40.1 Å². The zero-order chi connectivity index (χ0) is 16.2. The van der Waals surface area contributed by atoms with Gasteiger partial charge in [-0.3, -0.25) is 9.59 Å². The minimum Gasteiger partial charge on any atom is -0.383 e. The number of carbonyl (C=O) groups excluding carboxylic acids is 2. The highest BCUT2D eigenvalue weighted by Crippen LogP contribution is 2.31. The SMILES string of the molecule is COCCN1C(=O)CC[C@@H]2[C@H]1CCN2C(=O)Cc1ccccc1. The van der Waals surface area contributed by atoms with Gasteiger partial charge in [0.2, 0.25) is 11.8 Å². The van der Waals surface area contributed by atoms with Crippen LogP contribution in [-0.4, -0.2) is 60.5 Å². The molecule has 2 saturated heterocycles. The van der Waals surface area contributed by atoms with Gasteiger partial charge in [-0.05, 0) is 18.4 Å². The van der Waals surface area contributed by atoms with E-state index in [1.54, 1.807) is 7.11 Å². The minimum atomic E-state index is 0.158. The molecule has 0 bridgehead atoms. The second-order valence-corrected chi connectivity index (χ2v) is 6.29. The fraction of sp³-hybridized carbons (Fsp3) is 0.556. The summed E-state index contributed by atoms with van der Waals surface area (Å²) < 4.78 is 5.12. The van der Waals surface area contributed by atoms with Crippen LogP contribution in [0.2, 0.25) is 0 Å². The Hall–Kier alpha value is -1.88. The highest BCUT2D eigenvalue weighted by atomic mass is 16.5. The first kappa shape index (κ1) is 16.0. The van der Waals surface area contributed by atoms with Gasteiger partial charge < -0.3 is 14.5 Å². The van der Waals surface area contributed by atoms with E-state index in [1.165, 1.54) is 0 Å². The Morgan fingerprint density at radius 2 is 2.00 bits per heavy atom. The highest BCUT2D eigenvalue weighted by molar-refractivity contribution is 5.81. The lowest BCUT2D eigenvalue weighted by molar-refractivity contribution is -0.142. The van der Waals surface area contributed by atoms with Crippen LogP contribution < -0.4 is 0 Å². The Labute approximate surface area is 137 Å². The predicted octanol–water partition coefficient (Wildman–Crippen LogP) is 1.47. The van der Waals surface area contributed by atoms with E-state index in [9.17, 15) is 9.59 Å². The van der Waals surface area contributed by atoms with E-state index in [0.717, 1.165) is 24.9 Å². The number of amides is 2. The summed E-state index contributed by atoms with van der Waals surface area (Å²) in [4.78, 5) is 28.8. The molecule has 2 fully saturated rings. The van der Waals surface area contributed by atoms with Crippen LogP contribution in [0.4, 0.5) is 0 Å². The van der Waals surface area contributed by atoms with Crippen LogP contribution in [0, 0.1) is 0 Å². The summed E-state index contributed by atoms with van der Waals surface area (Å²) in [7, 11) is 1.65. The maximum absolute atomic E-state index is 12.7. The van der Waals surface area contributed by atoms with E-state index >= 15 is 0 Å². The zero-order valence-corrected chi connectivity index (χ0v) is 13.6. The molecule has 5 nitrogen and oxygen atoms in total. The van der Waals surface area contributed by atoms with Crippen LogP contribution in [0.1, 0.15) is 24.8 Å². The second-order valence-electron chi connectivity index (χ2n) is 6.29. The Balaban J connectivity index is 1.67. The molecule has 2 amide bonds. The number of nitrogens with zero attached hydrogens (tertiary/aromatic N) is 2. The summed E-state index contributed by atoms with van der Waals surface area (Å²) >= 11 is 0. The standard InChI is InChI=1S/C18H24N2O3/c1-23-12-11-20-16-9-10-19(15(16)7-8-17(20)21)18(22)13-14-5-3-2-4-6-14/h2-6,15-16H,7-13H2,1H3/t15-,16-/m1/s1. The molecule has 2 aliphatic rings. The van der Waals surface area contributed by atoms with E-state index in [2.05, 4.69) is 0 Å². The monoisotopic (exact) mass is 316 g/mol. The van der Waals surface area contributed by atoms with Gasteiger partial charge in [0.25, 0.3) is 0 Å². The molecule has 0 saturated carbocycles. The zero-order valence-electron chi connectivity index (χ0n) is 13.6. The first-order chi connectivity index (χ1) is 11.2. The summed E-state index contributed by atoms with van der Waals surface area (Å²) in [5, 5.41) is 0. The normalized spacial score (nSPS) is 24.0. The molecule has 0 aromatic heterocycles. The Kier molecular flexibility index (Phi) is 4.96. The number of piperidine rings is 1. The molecule has 2 aliphatic heterocycles. The van der Waals surface area contributed by atoms with Crippen molar-refractivity contribution in [2.45, 2.75) is 37.8 Å². The van der Waals surface area contributed by atoms with Crippen molar-refractivity contribution in [1.29, 1.82) is 0 Å². The third-order valence-corrected chi connectivity index (χ3v) is 4.94. The van der Waals surface area contributed by atoms with Gasteiger partial charge in [0.15, 0.2) is 0 Å². The summed E-state index contributed by atoms with van der Waals surface area (Å²) in [6, 6.07) is 10.2. The number of rotatable bonds is 5. The maximum atomic E-state index is 12.7. The molecule has 0 radical (unpaired) electrons. The van der Waals surface area contributed by atoms with Crippen molar-refractivity contribution in [3.05, 3.63) is 35.9 Å². The van der Waals surface area contributed by atoms with Crippen LogP contribution in [0.25, 0.3) is 0 Å². The van der Waals surface area contributed by atoms with E-state index in [-0.39, 0.29) is 23.9 Å². The fourth-order valence-electron chi connectivity index (χ4n) is 3.81. The predicted molar refractivity (Wildman–Crippen MR) is 86.9 cm³/mol. The minimum absolute atomic E-state index is 0.158. The molecule has 1 aromatic carbocycles. The molecule has 3 rings (SSSR count). The summed E-state index contributed by atoms with van der Waals surface area (Å²) in [6.07, 6.45) is 2.63. The topological polar surface area (TPSA) is 49.9 Å². The van der Waals surface area contributed by atoms with Crippen LogP contribution in [0.15, 0.2) is 30.3 Å². The van der Waals surface area contributed by atoms with Crippen molar-refractivity contribution in [1.82, 2.24) is 9.80 Å². The number of hydrogen-bond acceptors (Lipinski definition) is 3. The molecular weight excluding hydrogens is 292 g/mol. The third-order valence-electron chi connectivity index (χ3n) is 4.94. The van der Waals surface area contributed by atoms with Gasteiger partial charge in [-0.2, -0.15) is 0 Å². The van der Waals surface area contributed by atoms with Crippen molar-refractivity contribution >= 4 is 11.8 Å². The second kappa shape index (κ2) is 7.13. The molecule has 0 N–H and O–H groups in total. The smallest absolute Gasteiger partial charge is 0.227 e. The summed E-state index contributed by atoms with van der Waals surface area (Å²) in [5.41, 5.74) is 1.05. The van der Waals surface area contributed by atoms with Crippen molar-refractivity contribution in [3.8, 4) is 0 Å². The van der Waals surface area contributed by atoms with E-state index in [0.29, 0.717) is 26.0 Å². The third kappa shape index (κ3) is 3.39. The number of fused-ring (bicyclic) bond motifs is 1.